The largest absolute Gasteiger partial charge is 0.329 e. The van der Waals surface area contributed by atoms with Crippen molar-refractivity contribution in [3.63, 3.8) is 0 Å². The molecule has 1 aliphatic rings. The van der Waals surface area contributed by atoms with E-state index in [-0.39, 0.29) is 11.9 Å². The van der Waals surface area contributed by atoms with E-state index in [1.165, 1.54) is 0 Å². The van der Waals surface area contributed by atoms with Crippen LogP contribution in [0.3, 0.4) is 0 Å². The molecule has 4 rings (SSSR count). The van der Waals surface area contributed by atoms with Crippen molar-refractivity contribution >= 4 is 17.5 Å². The van der Waals surface area contributed by atoms with Gasteiger partial charge in [0, 0.05) is 17.8 Å². The van der Waals surface area contributed by atoms with Gasteiger partial charge in [0.2, 0.25) is 0 Å². The Labute approximate surface area is 162 Å². The van der Waals surface area contributed by atoms with E-state index in [1.807, 2.05) is 47.4 Å². The van der Waals surface area contributed by atoms with Crippen LogP contribution in [0.25, 0.3) is 0 Å². The number of benzene rings is 1. The van der Waals surface area contributed by atoms with E-state index >= 15 is 0 Å². The summed E-state index contributed by atoms with van der Waals surface area (Å²) >= 11 is 6.21. The Balaban J connectivity index is 1.53. The smallest absolute Gasteiger partial charge is 0.276 e. The highest BCUT2D eigenvalue weighted by Crippen LogP contribution is 2.30. The van der Waals surface area contributed by atoms with Gasteiger partial charge in [0.1, 0.15) is 0 Å². The fourth-order valence-corrected chi connectivity index (χ4v) is 3.67. The van der Waals surface area contributed by atoms with Gasteiger partial charge < -0.3 is 4.90 Å². The van der Waals surface area contributed by atoms with Crippen LogP contribution in [0, 0.1) is 0 Å². The van der Waals surface area contributed by atoms with Crippen LogP contribution >= 0.6 is 11.6 Å². The summed E-state index contributed by atoms with van der Waals surface area (Å²) in [6, 6.07) is 13.4. The van der Waals surface area contributed by atoms with Crippen molar-refractivity contribution in [1.82, 2.24) is 24.9 Å². The molecular weight excluding hydrogens is 362 g/mol. The predicted molar refractivity (Wildman–Crippen MR) is 102 cm³/mol. The average molecular weight is 382 g/mol. The lowest BCUT2D eigenvalue weighted by atomic mass is 9.98. The number of likely N-dealkylation sites (tertiary alicyclic amines) is 1. The molecule has 138 valence electrons. The number of nitrogens with zero attached hydrogens (tertiary/aromatic N) is 5. The molecule has 7 heteroatoms. The highest BCUT2D eigenvalue weighted by molar-refractivity contribution is 6.31. The SMILES string of the molecule is O=C(c1cn(Cc2ccccc2Cl)nn1)N1CCCCC1c1ccccn1. The maximum atomic E-state index is 13.1. The van der Waals surface area contributed by atoms with Gasteiger partial charge in [-0.25, -0.2) is 4.68 Å². The van der Waals surface area contributed by atoms with Crippen molar-refractivity contribution in [2.45, 2.75) is 31.8 Å². The van der Waals surface area contributed by atoms with Gasteiger partial charge in [0.25, 0.3) is 5.91 Å². The number of amides is 1. The highest BCUT2D eigenvalue weighted by atomic mass is 35.5. The Hall–Kier alpha value is -2.73. The molecule has 0 bridgehead atoms. The molecular formula is C20H20ClN5O. The van der Waals surface area contributed by atoms with Gasteiger partial charge in [-0.2, -0.15) is 0 Å². The van der Waals surface area contributed by atoms with E-state index < -0.39 is 0 Å². The second-order valence-electron chi connectivity index (χ2n) is 6.66. The molecule has 3 aromatic rings. The molecule has 1 aliphatic heterocycles. The van der Waals surface area contributed by atoms with Gasteiger partial charge in [-0.1, -0.05) is 41.1 Å². The summed E-state index contributed by atoms with van der Waals surface area (Å²) in [5.74, 6) is -0.101. The number of halogens is 1. The van der Waals surface area contributed by atoms with E-state index in [1.54, 1.807) is 17.1 Å². The van der Waals surface area contributed by atoms with E-state index in [4.69, 9.17) is 11.6 Å². The summed E-state index contributed by atoms with van der Waals surface area (Å²) in [5, 5.41) is 8.89. The molecule has 0 aliphatic carbocycles. The molecule has 1 atom stereocenters. The number of carbonyl (C=O) groups excluding carboxylic acids is 1. The van der Waals surface area contributed by atoms with Crippen molar-refractivity contribution < 1.29 is 4.79 Å². The first kappa shape index (κ1) is 17.7. The normalized spacial score (nSPS) is 17.1. The third kappa shape index (κ3) is 3.85. The van der Waals surface area contributed by atoms with Gasteiger partial charge in [-0.05, 0) is 43.0 Å². The summed E-state index contributed by atoms with van der Waals surface area (Å²) in [6.45, 7) is 1.18. The Bertz CT molecular complexity index is 927. The van der Waals surface area contributed by atoms with Gasteiger partial charge in [0.15, 0.2) is 5.69 Å². The third-order valence-electron chi connectivity index (χ3n) is 4.84. The summed E-state index contributed by atoms with van der Waals surface area (Å²) in [5.41, 5.74) is 2.21. The molecule has 1 saturated heterocycles. The van der Waals surface area contributed by atoms with E-state index in [0.717, 1.165) is 30.5 Å². The monoisotopic (exact) mass is 381 g/mol. The van der Waals surface area contributed by atoms with E-state index in [0.29, 0.717) is 23.8 Å². The van der Waals surface area contributed by atoms with Crippen LogP contribution in [0.4, 0.5) is 0 Å². The number of hydrogen-bond donors (Lipinski definition) is 0. The number of pyridine rings is 1. The summed E-state index contributed by atoms with van der Waals surface area (Å²) < 4.78 is 1.65. The lowest BCUT2D eigenvalue weighted by Crippen LogP contribution is -2.39. The van der Waals surface area contributed by atoms with Crippen molar-refractivity contribution in [2.24, 2.45) is 0 Å². The molecule has 1 aromatic carbocycles. The average Bonchev–Trinajstić information content (AvgIpc) is 3.18. The molecule has 1 amide bonds. The second kappa shape index (κ2) is 7.88. The van der Waals surface area contributed by atoms with Crippen LogP contribution in [-0.4, -0.2) is 37.3 Å². The zero-order valence-electron chi connectivity index (χ0n) is 14.8. The Morgan fingerprint density at radius 3 is 2.81 bits per heavy atom. The molecule has 0 spiro atoms. The number of carbonyl (C=O) groups is 1. The molecule has 27 heavy (non-hydrogen) atoms. The minimum atomic E-state index is -0.101. The maximum Gasteiger partial charge on any atom is 0.276 e. The van der Waals surface area contributed by atoms with Crippen LogP contribution in [-0.2, 0) is 6.54 Å². The number of piperidine rings is 1. The van der Waals surface area contributed by atoms with Crippen molar-refractivity contribution in [3.8, 4) is 0 Å². The van der Waals surface area contributed by atoms with Gasteiger partial charge in [-0.15, -0.1) is 5.10 Å². The van der Waals surface area contributed by atoms with Crippen LogP contribution in [0.15, 0.2) is 54.9 Å². The zero-order valence-corrected chi connectivity index (χ0v) is 15.6. The maximum absolute atomic E-state index is 13.1. The molecule has 2 aromatic heterocycles. The van der Waals surface area contributed by atoms with Gasteiger partial charge in [-0.3, -0.25) is 9.78 Å². The summed E-state index contributed by atoms with van der Waals surface area (Å²) in [6.07, 6.45) is 6.45. The van der Waals surface area contributed by atoms with Crippen LogP contribution < -0.4 is 0 Å². The van der Waals surface area contributed by atoms with Gasteiger partial charge in [0.05, 0.1) is 24.5 Å². The van der Waals surface area contributed by atoms with E-state index in [2.05, 4.69) is 15.3 Å². The first-order valence-electron chi connectivity index (χ1n) is 9.08. The Morgan fingerprint density at radius 2 is 2.00 bits per heavy atom. The fourth-order valence-electron chi connectivity index (χ4n) is 3.48. The first-order chi connectivity index (χ1) is 13.2. The molecule has 3 heterocycles. The lowest BCUT2D eigenvalue weighted by Gasteiger charge is -2.34. The Kier molecular flexibility index (Phi) is 5.16. The van der Waals surface area contributed by atoms with Crippen molar-refractivity contribution in [1.29, 1.82) is 0 Å². The van der Waals surface area contributed by atoms with Gasteiger partial charge >= 0.3 is 0 Å². The molecule has 1 unspecified atom stereocenters. The lowest BCUT2D eigenvalue weighted by molar-refractivity contribution is 0.0600. The standard InChI is InChI=1S/C20H20ClN5O/c21-16-8-2-1-7-15(16)13-25-14-18(23-24-25)20(27)26-12-6-4-10-19(26)17-9-3-5-11-22-17/h1-3,5,7-9,11,14,19H,4,6,10,12-13H2. The van der Waals surface area contributed by atoms with E-state index in [9.17, 15) is 4.79 Å². The quantitative estimate of drug-likeness (QED) is 0.690. The minimum absolute atomic E-state index is 0.0128. The second-order valence-corrected chi connectivity index (χ2v) is 7.06. The minimum Gasteiger partial charge on any atom is -0.329 e. The fraction of sp³-hybridized carbons (Fsp3) is 0.300. The first-order valence-corrected chi connectivity index (χ1v) is 9.45. The predicted octanol–water partition coefficient (Wildman–Crippen LogP) is 3.74. The summed E-state index contributed by atoms with van der Waals surface area (Å²) in [7, 11) is 0. The Morgan fingerprint density at radius 1 is 1.15 bits per heavy atom. The van der Waals surface area contributed by atoms with Crippen LogP contribution in [0.1, 0.15) is 47.1 Å². The number of aromatic nitrogens is 4. The summed E-state index contributed by atoms with van der Waals surface area (Å²) in [4.78, 5) is 19.4. The highest BCUT2D eigenvalue weighted by Gasteiger charge is 2.30. The van der Waals surface area contributed by atoms with Crippen molar-refractivity contribution in [2.75, 3.05) is 6.54 Å². The number of hydrogen-bond acceptors (Lipinski definition) is 4. The molecule has 6 nitrogen and oxygen atoms in total. The molecule has 1 fully saturated rings. The van der Waals surface area contributed by atoms with Crippen molar-refractivity contribution in [3.05, 3.63) is 76.8 Å². The molecule has 0 radical (unpaired) electrons. The zero-order chi connectivity index (χ0) is 18.6. The topological polar surface area (TPSA) is 63.9 Å². The number of rotatable bonds is 4. The van der Waals surface area contributed by atoms with Crippen LogP contribution in [0.5, 0.6) is 0 Å². The molecule has 0 N–H and O–H groups in total. The molecule has 0 saturated carbocycles. The van der Waals surface area contributed by atoms with Crippen LogP contribution in [0.2, 0.25) is 5.02 Å². The third-order valence-corrected chi connectivity index (χ3v) is 5.21.